The van der Waals surface area contributed by atoms with E-state index in [1.807, 2.05) is 24.6 Å². The molecule has 0 amide bonds. The normalized spacial score (nSPS) is 9.75. The van der Waals surface area contributed by atoms with Gasteiger partial charge in [0.25, 0.3) is 0 Å². The predicted molar refractivity (Wildman–Crippen MR) is 63.1 cm³/mol. The first-order valence-electron chi connectivity index (χ1n) is 4.78. The van der Waals surface area contributed by atoms with Gasteiger partial charge in [0, 0.05) is 4.88 Å². The van der Waals surface area contributed by atoms with Crippen molar-refractivity contribution in [1.29, 1.82) is 5.26 Å². The Kier molecular flexibility index (Phi) is 3.13. The number of nitrogens with one attached hydrogen (secondary N) is 1. The molecule has 4 nitrogen and oxygen atoms in total. The molecule has 0 aromatic carbocycles. The summed E-state index contributed by atoms with van der Waals surface area (Å²) in [6, 6.07) is 5.53. The zero-order valence-corrected chi connectivity index (χ0v) is 9.58. The van der Waals surface area contributed by atoms with E-state index < -0.39 is 0 Å². The third-order valence-electron chi connectivity index (χ3n) is 2.18. The second-order valence-electron chi connectivity index (χ2n) is 3.26. The molecule has 0 fully saturated rings. The molecule has 0 saturated carbocycles. The molecule has 2 heterocycles. The number of aromatic nitrogens is 2. The van der Waals surface area contributed by atoms with Crippen molar-refractivity contribution in [2.75, 3.05) is 5.32 Å². The standard InChI is InChI=1S/C11H10N4S/c1-8-11(16-7-15-8)6-14-10-3-2-9(4-12)13-5-10/h2-3,5,7,14H,6H2,1H3. The van der Waals surface area contributed by atoms with Gasteiger partial charge in [-0.05, 0) is 19.1 Å². The lowest BCUT2D eigenvalue weighted by atomic mass is 10.3. The van der Waals surface area contributed by atoms with Crippen molar-refractivity contribution >= 4 is 17.0 Å². The van der Waals surface area contributed by atoms with Crippen LogP contribution < -0.4 is 5.32 Å². The number of rotatable bonds is 3. The van der Waals surface area contributed by atoms with Crippen LogP contribution >= 0.6 is 11.3 Å². The highest BCUT2D eigenvalue weighted by atomic mass is 32.1. The fourth-order valence-electron chi connectivity index (χ4n) is 1.24. The van der Waals surface area contributed by atoms with Crippen LogP contribution in [-0.2, 0) is 6.54 Å². The zero-order valence-electron chi connectivity index (χ0n) is 8.77. The highest BCUT2D eigenvalue weighted by Crippen LogP contribution is 2.14. The van der Waals surface area contributed by atoms with Crippen LogP contribution in [-0.4, -0.2) is 9.97 Å². The molecule has 2 rings (SSSR count). The quantitative estimate of drug-likeness (QED) is 0.879. The number of nitriles is 1. The fraction of sp³-hybridized carbons (Fsp3) is 0.182. The third-order valence-corrected chi connectivity index (χ3v) is 3.11. The Hall–Kier alpha value is -1.93. The van der Waals surface area contributed by atoms with Gasteiger partial charge in [-0.1, -0.05) is 0 Å². The van der Waals surface area contributed by atoms with Gasteiger partial charge in [-0.25, -0.2) is 9.97 Å². The molecule has 16 heavy (non-hydrogen) atoms. The van der Waals surface area contributed by atoms with Crippen LogP contribution in [0.4, 0.5) is 5.69 Å². The Labute approximate surface area is 97.6 Å². The van der Waals surface area contributed by atoms with Crippen LogP contribution in [0, 0.1) is 18.3 Å². The largest absolute Gasteiger partial charge is 0.379 e. The monoisotopic (exact) mass is 230 g/mol. The van der Waals surface area contributed by atoms with Crippen molar-refractivity contribution in [3.63, 3.8) is 0 Å². The molecule has 2 aromatic heterocycles. The van der Waals surface area contributed by atoms with E-state index >= 15 is 0 Å². The maximum absolute atomic E-state index is 8.61. The number of anilines is 1. The summed E-state index contributed by atoms with van der Waals surface area (Å²) < 4.78 is 0. The van der Waals surface area contributed by atoms with Gasteiger partial charge < -0.3 is 5.32 Å². The maximum atomic E-state index is 8.61. The molecular weight excluding hydrogens is 220 g/mol. The Bertz CT molecular complexity index is 510. The van der Waals surface area contributed by atoms with E-state index in [2.05, 4.69) is 15.3 Å². The summed E-state index contributed by atoms with van der Waals surface area (Å²) in [5.74, 6) is 0. The minimum absolute atomic E-state index is 0.430. The Balaban J connectivity index is 2.00. The minimum atomic E-state index is 0.430. The molecule has 0 atom stereocenters. The van der Waals surface area contributed by atoms with Gasteiger partial charge in [0.05, 0.1) is 29.6 Å². The van der Waals surface area contributed by atoms with E-state index in [4.69, 9.17) is 5.26 Å². The van der Waals surface area contributed by atoms with Gasteiger partial charge in [-0.2, -0.15) is 5.26 Å². The third kappa shape index (κ3) is 2.35. The van der Waals surface area contributed by atoms with Crippen LogP contribution in [0.15, 0.2) is 23.8 Å². The molecule has 0 unspecified atom stereocenters. The first-order chi connectivity index (χ1) is 7.79. The van der Waals surface area contributed by atoms with Crippen LogP contribution in [0.3, 0.4) is 0 Å². The summed E-state index contributed by atoms with van der Waals surface area (Å²) in [5, 5.41) is 11.8. The van der Waals surface area contributed by atoms with Crippen molar-refractivity contribution in [1.82, 2.24) is 9.97 Å². The summed E-state index contributed by atoms with van der Waals surface area (Å²) in [6.45, 7) is 2.73. The zero-order chi connectivity index (χ0) is 11.4. The van der Waals surface area contributed by atoms with E-state index in [0.717, 1.165) is 17.9 Å². The molecule has 0 radical (unpaired) electrons. The van der Waals surface area contributed by atoms with Crippen LogP contribution in [0.25, 0.3) is 0 Å². The van der Waals surface area contributed by atoms with E-state index in [-0.39, 0.29) is 0 Å². The summed E-state index contributed by atoms with van der Waals surface area (Å²) in [6.07, 6.45) is 1.66. The summed E-state index contributed by atoms with van der Waals surface area (Å²) in [4.78, 5) is 9.37. The van der Waals surface area contributed by atoms with Crippen molar-refractivity contribution in [3.8, 4) is 6.07 Å². The molecule has 0 spiro atoms. The molecule has 5 heteroatoms. The average Bonchev–Trinajstić information content (AvgIpc) is 2.73. The number of hydrogen-bond acceptors (Lipinski definition) is 5. The summed E-state index contributed by atoms with van der Waals surface area (Å²) in [5.41, 5.74) is 4.23. The van der Waals surface area contributed by atoms with Crippen molar-refractivity contribution in [2.45, 2.75) is 13.5 Å². The van der Waals surface area contributed by atoms with E-state index in [1.165, 1.54) is 4.88 Å². The number of thiazole rings is 1. The smallest absolute Gasteiger partial charge is 0.140 e. The number of hydrogen-bond donors (Lipinski definition) is 1. The molecule has 0 saturated heterocycles. The Morgan fingerprint density at radius 3 is 2.88 bits per heavy atom. The van der Waals surface area contributed by atoms with E-state index in [9.17, 15) is 0 Å². The minimum Gasteiger partial charge on any atom is -0.379 e. The maximum Gasteiger partial charge on any atom is 0.140 e. The number of nitrogens with zero attached hydrogens (tertiary/aromatic N) is 3. The molecule has 80 valence electrons. The second-order valence-corrected chi connectivity index (χ2v) is 4.20. The van der Waals surface area contributed by atoms with E-state index in [1.54, 1.807) is 23.6 Å². The molecule has 1 N–H and O–H groups in total. The van der Waals surface area contributed by atoms with Crippen LogP contribution in [0.2, 0.25) is 0 Å². The van der Waals surface area contributed by atoms with Crippen molar-refractivity contribution in [3.05, 3.63) is 40.1 Å². The number of pyridine rings is 1. The predicted octanol–water partition coefficient (Wildman–Crippen LogP) is 2.33. The lowest BCUT2D eigenvalue weighted by molar-refractivity contribution is 1.11. The Morgan fingerprint density at radius 2 is 2.31 bits per heavy atom. The molecular formula is C11H10N4S. The molecule has 0 aliphatic carbocycles. The van der Waals surface area contributed by atoms with Gasteiger partial charge in [-0.3, -0.25) is 0 Å². The van der Waals surface area contributed by atoms with Gasteiger partial charge in [-0.15, -0.1) is 11.3 Å². The molecule has 2 aromatic rings. The fourth-order valence-corrected chi connectivity index (χ4v) is 1.96. The summed E-state index contributed by atoms with van der Waals surface area (Å²) >= 11 is 1.63. The van der Waals surface area contributed by atoms with Crippen molar-refractivity contribution in [2.24, 2.45) is 0 Å². The summed E-state index contributed by atoms with van der Waals surface area (Å²) in [7, 11) is 0. The highest BCUT2D eigenvalue weighted by Gasteiger charge is 2.01. The molecule has 0 aliphatic heterocycles. The Morgan fingerprint density at radius 1 is 1.44 bits per heavy atom. The topological polar surface area (TPSA) is 61.6 Å². The van der Waals surface area contributed by atoms with Crippen LogP contribution in [0.1, 0.15) is 16.3 Å². The first-order valence-corrected chi connectivity index (χ1v) is 5.66. The van der Waals surface area contributed by atoms with Gasteiger partial charge in [0.1, 0.15) is 11.8 Å². The first kappa shape index (κ1) is 10.6. The van der Waals surface area contributed by atoms with E-state index in [0.29, 0.717) is 5.69 Å². The number of aryl methyl sites for hydroxylation is 1. The van der Waals surface area contributed by atoms with Gasteiger partial charge in [0.15, 0.2) is 0 Å². The SMILES string of the molecule is Cc1ncsc1CNc1ccc(C#N)nc1. The lowest BCUT2D eigenvalue weighted by Crippen LogP contribution is -1.99. The van der Waals surface area contributed by atoms with Crippen molar-refractivity contribution < 1.29 is 0 Å². The average molecular weight is 230 g/mol. The molecule has 0 aliphatic rings. The van der Waals surface area contributed by atoms with Gasteiger partial charge in [0.2, 0.25) is 0 Å². The highest BCUT2D eigenvalue weighted by molar-refractivity contribution is 7.09. The second kappa shape index (κ2) is 4.73. The van der Waals surface area contributed by atoms with Gasteiger partial charge >= 0.3 is 0 Å². The molecule has 0 bridgehead atoms. The van der Waals surface area contributed by atoms with Crippen LogP contribution in [0.5, 0.6) is 0 Å². The lowest BCUT2D eigenvalue weighted by Gasteiger charge is -2.04.